The molecule has 0 saturated heterocycles. The highest BCUT2D eigenvalue weighted by Crippen LogP contribution is 2.24. The Kier molecular flexibility index (Phi) is 3.28. The number of anilines is 1. The van der Waals surface area contributed by atoms with Gasteiger partial charge in [-0.3, -0.25) is 4.55 Å². The SMILES string of the molecule is Cc1cccc(NC(N)=S)c1S(=O)(=O)O. The average Bonchev–Trinajstić information content (AvgIpc) is 1.99. The normalized spacial score (nSPS) is 11.1. The standard InChI is InChI=1S/C8H10N2O3S2/c1-5-3-2-4-6(10-8(9)14)7(5)15(11,12)13/h2-4H,1H3,(H3,9,10,14)(H,11,12,13). The van der Waals surface area contributed by atoms with Crippen LogP contribution in [0, 0.1) is 6.92 Å². The van der Waals surface area contributed by atoms with Gasteiger partial charge in [-0.25, -0.2) is 0 Å². The van der Waals surface area contributed by atoms with Gasteiger partial charge in [-0.1, -0.05) is 12.1 Å². The minimum absolute atomic E-state index is 0.0644. The molecule has 1 aromatic rings. The van der Waals surface area contributed by atoms with Crippen LogP contribution in [-0.2, 0) is 10.1 Å². The zero-order chi connectivity index (χ0) is 11.6. The van der Waals surface area contributed by atoms with Crippen LogP contribution in [0.2, 0.25) is 0 Å². The Bertz CT molecular complexity index is 497. The molecule has 1 aromatic carbocycles. The van der Waals surface area contributed by atoms with Gasteiger partial charge in [0.25, 0.3) is 10.1 Å². The Morgan fingerprint density at radius 2 is 2.13 bits per heavy atom. The van der Waals surface area contributed by atoms with Crippen LogP contribution in [0.1, 0.15) is 5.56 Å². The van der Waals surface area contributed by atoms with E-state index in [9.17, 15) is 8.42 Å². The predicted molar refractivity (Wildman–Crippen MR) is 61.4 cm³/mol. The molecule has 0 bridgehead atoms. The molecule has 82 valence electrons. The Morgan fingerprint density at radius 1 is 1.53 bits per heavy atom. The number of hydrogen-bond donors (Lipinski definition) is 3. The molecule has 0 aliphatic rings. The van der Waals surface area contributed by atoms with Gasteiger partial charge < -0.3 is 11.1 Å². The predicted octanol–water partition coefficient (Wildman–Crippen LogP) is 0.897. The number of benzene rings is 1. The van der Waals surface area contributed by atoms with Crippen molar-refractivity contribution in [3.05, 3.63) is 23.8 Å². The summed E-state index contributed by atoms with van der Waals surface area (Å²) in [7, 11) is -4.29. The van der Waals surface area contributed by atoms with Crippen molar-refractivity contribution < 1.29 is 13.0 Å². The third-order valence-electron chi connectivity index (χ3n) is 1.73. The van der Waals surface area contributed by atoms with Crippen molar-refractivity contribution in [2.24, 2.45) is 5.73 Å². The van der Waals surface area contributed by atoms with Gasteiger partial charge in [0, 0.05) is 0 Å². The van der Waals surface area contributed by atoms with Crippen molar-refractivity contribution in [1.29, 1.82) is 0 Å². The van der Waals surface area contributed by atoms with E-state index in [4.69, 9.17) is 10.3 Å². The average molecular weight is 246 g/mol. The summed E-state index contributed by atoms with van der Waals surface area (Å²) in [5.74, 6) is 0. The summed E-state index contributed by atoms with van der Waals surface area (Å²) in [5, 5.41) is 2.43. The molecule has 0 radical (unpaired) electrons. The molecule has 0 fully saturated rings. The van der Waals surface area contributed by atoms with E-state index in [1.807, 2.05) is 0 Å². The Balaban J connectivity index is 3.40. The largest absolute Gasteiger partial charge is 0.376 e. The molecule has 0 spiro atoms. The summed E-state index contributed by atoms with van der Waals surface area (Å²) >= 11 is 4.59. The molecule has 0 aromatic heterocycles. The zero-order valence-electron chi connectivity index (χ0n) is 7.89. The van der Waals surface area contributed by atoms with Crippen LogP contribution >= 0.6 is 12.2 Å². The molecule has 7 heteroatoms. The lowest BCUT2D eigenvalue weighted by atomic mass is 10.2. The van der Waals surface area contributed by atoms with E-state index >= 15 is 0 Å². The molecule has 0 atom stereocenters. The monoisotopic (exact) mass is 246 g/mol. The number of nitrogens with one attached hydrogen (secondary N) is 1. The van der Waals surface area contributed by atoms with Gasteiger partial charge in [0.15, 0.2) is 5.11 Å². The fraction of sp³-hybridized carbons (Fsp3) is 0.125. The third-order valence-corrected chi connectivity index (χ3v) is 2.89. The highest BCUT2D eigenvalue weighted by Gasteiger charge is 2.18. The number of nitrogens with two attached hydrogens (primary N) is 1. The van der Waals surface area contributed by atoms with E-state index in [2.05, 4.69) is 17.5 Å². The van der Waals surface area contributed by atoms with E-state index in [0.717, 1.165) is 0 Å². The maximum atomic E-state index is 11.1. The fourth-order valence-electron chi connectivity index (χ4n) is 1.23. The molecule has 0 unspecified atom stereocenters. The van der Waals surface area contributed by atoms with E-state index in [0.29, 0.717) is 5.56 Å². The first kappa shape index (κ1) is 11.9. The van der Waals surface area contributed by atoms with Crippen molar-refractivity contribution >= 4 is 33.1 Å². The molecule has 5 nitrogen and oxygen atoms in total. The summed E-state index contributed by atoms with van der Waals surface area (Å²) in [6.45, 7) is 1.56. The van der Waals surface area contributed by atoms with Crippen LogP contribution in [0.4, 0.5) is 5.69 Å². The first-order valence-corrected chi connectivity index (χ1v) is 5.81. The first-order chi connectivity index (χ1) is 6.82. The molecule has 0 amide bonds. The van der Waals surface area contributed by atoms with Gasteiger partial charge in [-0.15, -0.1) is 0 Å². The first-order valence-electron chi connectivity index (χ1n) is 3.96. The summed E-state index contributed by atoms with van der Waals surface area (Å²) in [6.07, 6.45) is 0. The summed E-state index contributed by atoms with van der Waals surface area (Å²) in [5.41, 5.74) is 5.82. The third kappa shape index (κ3) is 2.88. The second-order valence-electron chi connectivity index (χ2n) is 2.92. The second kappa shape index (κ2) is 4.13. The van der Waals surface area contributed by atoms with Crippen molar-refractivity contribution in [3.63, 3.8) is 0 Å². The van der Waals surface area contributed by atoms with E-state index in [1.165, 1.54) is 6.07 Å². The van der Waals surface area contributed by atoms with Gasteiger partial charge in [-0.05, 0) is 30.8 Å². The summed E-state index contributed by atoms with van der Waals surface area (Å²) in [4.78, 5) is -0.210. The molecule has 15 heavy (non-hydrogen) atoms. The number of hydrogen-bond acceptors (Lipinski definition) is 3. The smallest absolute Gasteiger partial charge is 0.296 e. The van der Waals surface area contributed by atoms with E-state index in [-0.39, 0.29) is 15.7 Å². The van der Waals surface area contributed by atoms with Gasteiger partial charge in [0.2, 0.25) is 0 Å². The van der Waals surface area contributed by atoms with Crippen LogP contribution in [-0.4, -0.2) is 18.1 Å². The maximum absolute atomic E-state index is 11.1. The van der Waals surface area contributed by atoms with E-state index < -0.39 is 10.1 Å². The topological polar surface area (TPSA) is 92.4 Å². The van der Waals surface area contributed by atoms with Crippen LogP contribution in [0.25, 0.3) is 0 Å². The molecule has 0 heterocycles. The lowest BCUT2D eigenvalue weighted by Crippen LogP contribution is -2.20. The molecule has 0 aliphatic carbocycles. The fourth-order valence-corrected chi connectivity index (χ4v) is 2.21. The quantitative estimate of drug-likeness (QED) is 0.530. The van der Waals surface area contributed by atoms with Crippen molar-refractivity contribution in [2.45, 2.75) is 11.8 Å². The van der Waals surface area contributed by atoms with Crippen molar-refractivity contribution in [2.75, 3.05) is 5.32 Å². The van der Waals surface area contributed by atoms with Crippen LogP contribution in [0.5, 0.6) is 0 Å². The van der Waals surface area contributed by atoms with Gasteiger partial charge in [0.05, 0.1) is 5.69 Å². The van der Waals surface area contributed by atoms with Gasteiger partial charge in [0.1, 0.15) is 4.90 Å². The van der Waals surface area contributed by atoms with E-state index in [1.54, 1.807) is 19.1 Å². The van der Waals surface area contributed by atoms with Crippen LogP contribution in [0.3, 0.4) is 0 Å². The zero-order valence-corrected chi connectivity index (χ0v) is 9.52. The number of thiocarbonyl (C=S) groups is 1. The van der Waals surface area contributed by atoms with Gasteiger partial charge in [-0.2, -0.15) is 8.42 Å². The minimum atomic E-state index is -4.29. The lowest BCUT2D eigenvalue weighted by Gasteiger charge is -2.10. The Morgan fingerprint density at radius 3 is 2.60 bits per heavy atom. The van der Waals surface area contributed by atoms with Crippen molar-refractivity contribution in [1.82, 2.24) is 0 Å². The molecule has 0 aliphatic heterocycles. The molecular formula is C8H10N2O3S2. The van der Waals surface area contributed by atoms with Gasteiger partial charge >= 0.3 is 0 Å². The van der Waals surface area contributed by atoms with Crippen LogP contribution in [0.15, 0.2) is 23.1 Å². The second-order valence-corrected chi connectivity index (χ2v) is 4.71. The number of rotatable bonds is 2. The maximum Gasteiger partial charge on any atom is 0.296 e. The highest BCUT2D eigenvalue weighted by molar-refractivity contribution is 7.86. The Labute approximate surface area is 93.0 Å². The molecular weight excluding hydrogens is 236 g/mol. The van der Waals surface area contributed by atoms with Crippen molar-refractivity contribution in [3.8, 4) is 0 Å². The number of aryl methyl sites for hydroxylation is 1. The molecule has 0 saturated carbocycles. The Hall–Kier alpha value is -1.18. The summed E-state index contributed by atoms with van der Waals surface area (Å²) in [6, 6.07) is 4.66. The molecule has 4 N–H and O–H groups in total. The van der Waals surface area contributed by atoms with Crippen LogP contribution < -0.4 is 11.1 Å². The molecule has 1 rings (SSSR count). The lowest BCUT2D eigenvalue weighted by molar-refractivity contribution is 0.483. The minimum Gasteiger partial charge on any atom is -0.376 e. The summed E-state index contributed by atoms with van der Waals surface area (Å²) < 4.78 is 31.2. The highest BCUT2D eigenvalue weighted by atomic mass is 32.2.